The van der Waals surface area contributed by atoms with Crippen molar-refractivity contribution < 1.29 is 9.59 Å². The summed E-state index contributed by atoms with van der Waals surface area (Å²) in [4.78, 5) is 25.0. The van der Waals surface area contributed by atoms with Crippen LogP contribution in [-0.2, 0) is 0 Å². The second-order valence-electron chi connectivity index (χ2n) is 4.80. The van der Waals surface area contributed by atoms with Gasteiger partial charge in [-0.2, -0.15) is 0 Å². The van der Waals surface area contributed by atoms with E-state index in [4.69, 9.17) is 11.5 Å². The van der Waals surface area contributed by atoms with Gasteiger partial charge < -0.3 is 16.4 Å². The highest BCUT2D eigenvalue weighted by atomic mass is 16.2. The summed E-state index contributed by atoms with van der Waals surface area (Å²) in [5.74, 6) is -0.331. The highest BCUT2D eigenvalue weighted by Crippen LogP contribution is 2.17. The summed E-state index contributed by atoms with van der Waals surface area (Å²) in [6, 6.07) is 6.49. The van der Waals surface area contributed by atoms with Gasteiger partial charge in [0.25, 0.3) is 5.91 Å². The van der Waals surface area contributed by atoms with Crippen molar-refractivity contribution in [2.75, 3.05) is 13.1 Å². The third-order valence-electron chi connectivity index (χ3n) is 3.35. The Morgan fingerprint density at radius 3 is 2.50 bits per heavy atom. The highest BCUT2D eigenvalue weighted by molar-refractivity contribution is 5.99. The zero-order chi connectivity index (χ0) is 13.3. The molecule has 1 aromatic rings. The van der Waals surface area contributed by atoms with Crippen molar-refractivity contribution in [1.82, 2.24) is 4.90 Å². The summed E-state index contributed by atoms with van der Waals surface area (Å²) in [6.45, 7) is 3.24. The molecule has 5 nitrogen and oxygen atoms in total. The van der Waals surface area contributed by atoms with Gasteiger partial charge in [-0.1, -0.05) is 13.0 Å². The van der Waals surface area contributed by atoms with E-state index in [0.717, 1.165) is 0 Å². The monoisotopic (exact) mass is 247 g/mol. The molecule has 1 aromatic carbocycles. The van der Waals surface area contributed by atoms with Gasteiger partial charge in [-0.25, -0.2) is 0 Å². The number of amides is 2. The number of likely N-dealkylation sites (tertiary alicyclic amines) is 1. The van der Waals surface area contributed by atoms with Crippen LogP contribution in [-0.4, -0.2) is 35.8 Å². The molecule has 1 heterocycles. The van der Waals surface area contributed by atoms with Crippen molar-refractivity contribution in [2.24, 2.45) is 17.4 Å². The van der Waals surface area contributed by atoms with Crippen molar-refractivity contribution in [3.05, 3.63) is 35.4 Å². The lowest BCUT2D eigenvalue weighted by Gasteiger charge is -2.16. The molecule has 1 aliphatic rings. The molecular weight excluding hydrogens is 230 g/mol. The number of benzene rings is 1. The first-order valence-electron chi connectivity index (χ1n) is 5.93. The molecule has 0 spiro atoms. The highest BCUT2D eigenvalue weighted by Gasteiger charge is 2.30. The average Bonchev–Trinajstić information content (AvgIpc) is 2.69. The van der Waals surface area contributed by atoms with E-state index in [2.05, 4.69) is 0 Å². The summed E-state index contributed by atoms with van der Waals surface area (Å²) < 4.78 is 0. The second-order valence-corrected chi connectivity index (χ2v) is 4.80. The fourth-order valence-corrected chi connectivity index (χ4v) is 2.15. The number of nitrogens with zero attached hydrogens (tertiary/aromatic N) is 1. The number of hydrogen-bond donors (Lipinski definition) is 2. The molecule has 1 saturated heterocycles. The van der Waals surface area contributed by atoms with E-state index in [-0.39, 0.29) is 11.9 Å². The Morgan fingerprint density at radius 1 is 1.28 bits per heavy atom. The van der Waals surface area contributed by atoms with E-state index in [9.17, 15) is 9.59 Å². The Morgan fingerprint density at radius 2 is 1.94 bits per heavy atom. The first-order valence-corrected chi connectivity index (χ1v) is 5.93. The lowest BCUT2D eigenvalue weighted by molar-refractivity contribution is 0.0787. The maximum Gasteiger partial charge on any atom is 0.253 e. The summed E-state index contributed by atoms with van der Waals surface area (Å²) in [5, 5.41) is 0. The van der Waals surface area contributed by atoms with Crippen molar-refractivity contribution in [1.29, 1.82) is 0 Å². The lowest BCUT2D eigenvalue weighted by Crippen LogP contribution is -2.32. The van der Waals surface area contributed by atoms with Gasteiger partial charge in [-0.05, 0) is 24.1 Å². The minimum absolute atomic E-state index is 0.0215. The Kier molecular flexibility index (Phi) is 3.34. The van der Waals surface area contributed by atoms with Crippen LogP contribution in [0.3, 0.4) is 0 Å². The van der Waals surface area contributed by atoms with Gasteiger partial charge in [0.2, 0.25) is 5.91 Å². The van der Waals surface area contributed by atoms with Crippen LogP contribution in [0.15, 0.2) is 24.3 Å². The molecule has 18 heavy (non-hydrogen) atoms. The number of carbonyl (C=O) groups is 2. The summed E-state index contributed by atoms with van der Waals surface area (Å²) in [5.41, 5.74) is 11.9. The van der Waals surface area contributed by atoms with Gasteiger partial charge in [0.15, 0.2) is 0 Å². The first-order chi connectivity index (χ1) is 8.49. The quantitative estimate of drug-likeness (QED) is 0.782. The Hall–Kier alpha value is -1.88. The minimum atomic E-state index is -0.531. The predicted octanol–water partition coefficient (Wildman–Crippen LogP) is 0.205. The van der Waals surface area contributed by atoms with Crippen LogP contribution in [0.25, 0.3) is 0 Å². The van der Waals surface area contributed by atoms with Gasteiger partial charge in [0, 0.05) is 30.3 Å². The fraction of sp³-hybridized carbons (Fsp3) is 0.385. The number of primary amides is 1. The lowest BCUT2D eigenvalue weighted by atomic mass is 10.1. The maximum absolute atomic E-state index is 12.2. The third-order valence-corrected chi connectivity index (χ3v) is 3.35. The largest absolute Gasteiger partial charge is 0.366 e. The Labute approximate surface area is 106 Å². The van der Waals surface area contributed by atoms with E-state index in [0.29, 0.717) is 30.1 Å². The molecule has 2 atom stereocenters. The van der Waals surface area contributed by atoms with E-state index in [1.807, 2.05) is 6.92 Å². The average molecular weight is 247 g/mol. The van der Waals surface area contributed by atoms with Gasteiger partial charge in [0.1, 0.15) is 0 Å². The van der Waals surface area contributed by atoms with E-state index in [1.165, 1.54) is 6.07 Å². The van der Waals surface area contributed by atoms with Crippen LogP contribution in [0.1, 0.15) is 27.6 Å². The predicted molar refractivity (Wildman–Crippen MR) is 68.0 cm³/mol. The fourth-order valence-electron chi connectivity index (χ4n) is 2.15. The molecule has 1 aliphatic heterocycles. The Balaban J connectivity index is 2.19. The molecule has 0 radical (unpaired) electrons. The number of nitrogens with two attached hydrogens (primary N) is 2. The van der Waals surface area contributed by atoms with Crippen molar-refractivity contribution in [3.8, 4) is 0 Å². The van der Waals surface area contributed by atoms with Gasteiger partial charge in [0.05, 0.1) is 0 Å². The summed E-state index contributed by atoms with van der Waals surface area (Å²) in [6.07, 6.45) is 0. The van der Waals surface area contributed by atoms with Crippen molar-refractivity contribution in [2.45, 2.75) is 13.0 Å². The second kappa shape index (κ2) is 4.78. The van der Waals surface area contributed by atoms with Crippen LogP contribution in [0.5, 0.6) is 0 Å². The number of carbonyl (C=O) groups excluding carboxylic acids is 2. The molecule has 0 aliphatic carbocycles. The van der Waals surface area contributed by atoms with Crippen LogP contribution >= 0.6 is 0 Å². The molecular formula is C13H17N3O2. The standard InChI is InChI=1S/C13H17N3O2/c1-8-6-16(7-11(8)14)13(18)10-4-2-3-9(5-10)12(15)17/h2-5,8,11H,6-7,14H2,1H3,(H2,15,17). The molecule has 0 saturated carbocycles. The van der Waals surface area contributed by atoms with E-state index >= 15 is 0 Å². The molecule has 0 aromatic heterocycles. The van der Waals surface area contributed by atoms with Gasteiger partial charge in [-0.15, -0.1) is 0 Å². The van der Waals surface area contributed by atoms with Crippen molar-refractivity contribution >= 4 is 11.8 Å². The number of hydrogen-bond acceptors (Lipinski definition) is 3. The first kappa shape index (κ1) is 12.6. The molecule has 4 N–H and O–H groups in total. The molecule has 0 bridgehead atoms. The molecule has 96 valence electrons. The zero-order valence-corrected chi connectivity index (χ0v) is 10.3. The van der Waals surface area contributed by atoms with Gasteiger partial charge in [-0.3, -0.25) is 9.59 Å². The van der Waals surface area contributed by atoms with Crippen LogP contribution in [0.2, 0.25) is 0 Å². The molecule has 2 unspecified atom stereocenters. The molecule has 2 amide bonds. The molecule has 1 fully saturated rings. The van der Waals surface area contributed by atoms with Gasteiger partial charge >= 0.3 is 0 Å². The maximum atomic E-state index is 12.2. The molecule has 5 heteroatoms. The topological polar surface area (TPSA) is 89.4 Å². The Bertz CT molecular complexity index is 477. The summed E-state index contributed by atoms with van der Waals surface area (Å²) in [7, 11) is 0. The summed E-state index contributed by atoms with van der Waals surface area (Å²) >= 11 is 0. The zero-order valence-electron chi connectivity index (χ0n) is 10.3. The van der Waals surface area contributed by atoms with E-state index < -0.39 is 5.91 Å². The van der Waals surface area contributed by atoms with Crippen molar-refractivity contribution in [3.63, 3.8) is 0 Å². The minimum Gasteiger partial charge on any atom is -0.366 e. The van der Waals surface area contributed by atoms with E-state index in [1.54, 1.807) is 23.1 Å². The molecule has 2 rings (SSSR count). The van der Waals surface area contributed by atoms with Crippen LogP contribution < -0.4 is 11.5 Å². The number of rotatable bonds is 2. The third kappa shape index (κ3) is 2.36. The van der Waals surface area contributed by atoms with Crippen LogP contribution in [0, 0.1) is 5.92 Å². The normalized spacial score (nSPS) is 23.1. The smallest absolute Gasteiger partial charge is 0.253 e. The van der Waals surface area contributed by atoms with Crippen LogP contribution in [0.4, 0.5) is 0 Å². The SMILES string of the molecule is CC1CN(C(=O)c2cccc(C(N)=O)c2)CC1N.